The standard InChI is InChI=1S/C20H20FN3O2S/c1-11-16-8-13(17-10-23-18-9-14(21)5-6-15(17)18)4-7-19(16)27(26)24(11)12(2)20(25)22-3/h4-12,23H,1-3H3,(H,22,25). The number of carbonyl (C=O) groups is 1. The highest BCUT2D eigenvalue weighted by atomic mass is 32.2. The van der Waals surface area contributed by atoms with Crippen LogP contribution in [0, 0.1) is 5.82 Å². The number of nitrogens with zero attached hydrogens (tertiary/aromatic N) is 1. The molecule has 140 valence electrons. The van der Waals surface area contributed by atoms with E-state index in [2.05, 4.69) is 10.3 Å². The fraction of sp³-hybridized carbons (Fsp3) is 0.250. The molecule has 0 bridgehead atoms. The molecular weight excluding hydrogens is 365 g/mol. The van der Waals surface area contributed by atoms with Crippen LogP contribution in [-0.2, 0) is 15.8 Å². The Bertz CT molecular complexity index is 1080. The fourth-order valence-corrected chi connectivity index (χ4v) is 5.36. The van der Waals surface area contributed by atoms with E-state index in [1.807, 2.05) is 31.3 Å². The quantitative estimate of drug-likeness (QED) is 0.725. The first kappa shape index (κ1) is 17.9. The summed E-state index contributed by atoms with van der Waals surface area (Å²) in [6.07, 6.45) is 1.85. The maximum Gasteiger partial charge on any atom is 0.237 e. The van der Waals surface area contributed by atoms with Gasteiger partial charge in [-0.2, -0.15) is 0 Å². The third-order valence-electron chi connectivity index (χ3n) is 5.18. The van der Waals surface area contributed by atoms with Crippen molar-refractivity contribution < 1.29 is 13.4 Å². The Morgan fingerprint density at radius 2 is 2.07 bits per heavy atom. The van der Waals surface area contributed by atoms with E-state index in [-0.39, 0.29) is 17.8 Å². The molecule has 3 aromatic rings. The van der Waals surface area contributed by atoms with E-state index >= 15 is 0 Å². The largest absolute Gasteiger partial charge is 0.360 e. The Morgan fingerprint density at radius 3 is 2.81 bits per heavy atom. The molecule has 0 saturated heterocycles. The first-order valence-electron chi connectivity index (χ1n) is 8.75. The number of carbonyl (C=O) groups excluding carboxylic acids is 1. The molecule has 0 spiro atoms. The molecule has 4 rings (SSSR count). The van der Waals surface area contributed by atoms with Gasteiger partial charge in [0.15, 0.2) is 0 Å². The number of aromatic amines is 1. The third-order valence-corrected chi connectivity index (χ3v) is 6.95. The summed E-state index contributed by atoms with van der Waals surface area (Å²) in [5.41, 5.74) is 3.60. The molecule has 3 atom stereocenters. The van der Waals surface area contributed by atoms with E-state index in [9.17, 15) is 13.4 Å². The minimum absolute atomic E-state index is 0.157. The highest BCUT2D eigenvalue weighted by Crippen LogP contribution is 2.41. The van der Waals surface area contributed by atoms with Gasteiger partial charge in [0.05, 0.1) is 10.9 Å². The summed E-state index contributed by atoms with van der Waals surface area (Å²) in [4.78, 5) is 15.9. The molecule has 3 unspecified atom stereocenters. The first-order chi connectivity index (χ1) is 12.9. The van der Waals surface area contributed by atoms with E-state index in [4.69, 9.17) is 0 Å². The summed E-state index contributed by atoms with van der Waals surface area (Å²) < 4.78 is 28.1. The molecule has 0 saturated carbocycles. The zero-order valence-corrected chi connectivity index (χ0v) is 16.1. The van der Waals surface area contributed by atoms with Crippen molar-refractivity contribution >= 4 is 27.8 Å². The van der Waals surface area contributed by atoms with Gasteiger partial charge in [-0.3, -0.25) is 4.79 Å². The lowest BCUT2D eigenvalue weighted by molar-refractivity contribution is -0.124. The van der Waals surface area contributed by atoms with Crippen LogP contribution in [0.15, 0.2) is 47.5 Å². The molecule has 0 radical (unpaired) electrons. The number of hydrogen-bond donors (Lipinski definition) is 2. The van der Waals surface area contributed by atoms with Gasteiger partial charge >= 0.3 is 0 Å². The second-order valence-corrected chi connectivity index (χ2v) is 8.08. The summed E-state index contributed by atoms with van der Waals surface area (Å²) in [6, 6.07) is 9.80. The Hall–Kier alpha value is -2.51. The van der Waals surface area contributed by atoms with Gasteiger partial charge in [-0.1, -0.05) is 6.07 Å². The highest BCUT2D eigenvalue weighted by molar-refractivity contribution is 7.83. The van der Waals surface area contributed by atoms with E-state index in [1.165, 1.54) is 12.1 Å². The highest BCUT2D eigenvalue weighted by Gasteiger charge is 2.39. The smallest absolute Gasteiger partial charge is 0.237 e. The topological polar surface area (TPSA) is 65.2 Å². The van der Waals surface area contributed by atoms with Gasteiger partial charge in [-0.25, -0.2) is 12.9 Å². The zero-order chi connectivity index (χ0) is 19.3. The van der Waals surface area contributed by atoms with Crippen molar-refractivity contribution in [2.75, 3.05) is 7.05 Å². The number of rotatable bonds is 3. The molecule has 1 aliphatic rings. The van der Waals surface area contributed by atoms with Gasteiger partial charge in [-0.05, 0) is 55.3 Å². The first-order valence-corrected chi connectivity index (χ1v) is 9.86. The second-order valence-electron chi connectivity index (χ2n) is 6.72. The molecule has 2 N–H and O–H groups in total. The van der Waals surface area contributed by atoms with Gasteiger partial charge < -0.3 is 10.3 Å². The number of benzene rings is 2. The van der Waals surface area contributed by atoms with Crippen molar-refractivity contribution in [2.24, 2.45) is 0 Å². The zero-order valence-electron chi connectivity index (χ0n) is 15.2. The van der Waals surface area contributed by atoms with Crippen LogP contribution in [0.2, 0.25) is 0 Å². The van der Waals surface area contributed by atoms with Gasteiger partial charge in [-0.15, -0.1) is 0 Å². The van der Waals surface area contributed by atoms with Crippen molar-refractivity contribution in [3.63, 3.8) is 0 Å². The van der Waals surface area contributed by atoms with Crippen LogP contribution in [0.3, 0.4) is 0 Å². The minimum atomic E-state index is -1.39. The molecule has 2 aromatic carbocycles. The third kappa shape index (κ3) is 2.78. The summed E-state index contributed by atoms with van der Waals surface area (Å²) in [7, 11) is 0.189. The summed E-state index contributed by atoms with van der Waals surface area (Å²) >= 11 is 0. The number of amides is 1. The van der Waals surface area contributed by atoms with E-state index in [0.29, 0.717) is 0 Å². The number of hydrogen-bond acceptors (Lipinski definition) is 2. The van der Waals surface area contributed by atoms with Crippen LogP contribution in [0.5, 0.6) is 0 Å². The monoisotopic (exact) mass is 385 g/mol. The van der Waals surface area contributed by atoms with Crippen molar-refractivity contribution in [3.05, 3.63) is 54.0 Å². The average Bonchev–Trinajstić information content (AvgIpc) is 3.19. The lowest BCUT2D eigenvalue weighted by atomic mass is 9.99. The summed E-state index contributed by atoms with van der Waals surface area (Å²) in [5.74, 6) is -0.449. The van der Waals surface area contributed by atoms with Crippen LogP contribution >= 0.6 is 0 Å². The van der Waals surface area contributed by atoms with E-state index < -0.39 is 17.0 Å². The molecule has 7 heteroatoms. The Morgan fingerprint density at radius 1 is 1.30 bits per heavy atom. The average molecular weight is 385 g/mol. The normalized spacial score (nSPS) is 20.6. The van der Waals surface area contributed by atoms with Gasteiger partial charge in [0, 0.05) is 35.8 Å². The van der Waals surface area contributed by atoms with Crippen molar-refractivity contribution in [1.29, 1.82) is 0 Å². The summed E-state index contributed by atoms with van der Waals surface area (Å²) in [5, 5.41) is 3.55. The molecule has 5 nitrogen and oxygen atoms in total. The molecule has 2 heterocycles. The number of nitrogens with one attached hydrogen (secondary N) is 2. The van der Waals surface area contributed by atoms with Gasteiger partial charge in [0.25, 0.3) is 0 Å². The Labute approximate surface area is 159 Å². The molecular formula is C20H20FN3O2S. The lowest BCUT2D eigenvalue weighted by Gasteiger charge is -2.25. The molecule has 27 heavy (non-hydrogen) atoms. The number of fused-ring (bicyclic) bond motifs is 2. The molecule has 0 aliphatic carbocycles. The number of aromatic nitrogens is 1. The minimum Gasteiger partial charge on any atom is -0.360 e. The van der Waals surface area contributed by atoms with Crippen molar-refractivity contribution in [2.45, 2.75) is 30.8 Å². The van der Waals surface area contributed by atoms with Crippen LogP contribution in [0.25, 0.3) is 22.0 Å². The summed E-state index contributed by atoms with van der Waals surface area (Å²) in [6.45, 7) is 3.71. The molecule has 1 aliphatic heterocycles. The number of halogens is 1. The van der Waals surface area contributed by atoms with E-state index in [0.717, 1.165) is 32.5 Å². The van der Waals surface area contributed by atoms with Crippen molar-refractivity contribution in [3.8, 4) is 11.1 Å². The Balaban J connectivity index is 1.76. The predicted octanol–water partition coefficient (Wildman–Crippen LogP) is 3.51. The van der Waals surface area contributed by atoms with E-state index in [1.54, 1.807) is 24.3 Å². The number of likely N-dealkylation sites (N-methyl/N-ethyl adjacent to an activating group) is 1. The lowest BCUT2D eigenvalue weighted by Crippen LogP contribution is -2.43. The fourth-order valence-electron chi connectivity index (χ4n) is 3.74. The SMILES string of the molecule is CNC(=O)C(C)N1C(C)c2cc(-c3c[nH]c4cc(F)ccc34)ccc2S1=O. The predicted molar refractivity (Wildman–Crippen MR) is 104 cm³/mol. The maximum atomic E-state index is 13.4. The van der Waals surface area contributed by atoms with Crippen molar-refractivity contribution in [1.82, 2.24) is 14.6 Å². The Kier molecular flexibility index (Phi) is 4.36. The van der Waals surface area contributed by atoms with Gasteiger partial charge in [0.2, 0.25) is 5.91 Å². The van der Waals surface area contributed by atoms with Crippen LogP contribution in [0.4, 0.5) is 4.39 Å². The van der Waals surface area contributed by atoms with Gasteiger partial charge in [0.1, 0.15) is 16.8 Å². The molecule has 0 fully saturated rings. The number of H-pyrrole nitrogens is 1. The maximum absolute atomic E-state index is 13.4. The van der Waals surface area contributed by atoms with Crippen LogP contribution in [-0.4, -0.2) is 32.5 Å². The van der Waals surface area contributed by atoms with Crippen LogP contribution < -0.4 is 5.32 Å². The van der Waals surface area contributed by atoms with Crippen LogP contribution in [0.1, 0.15) is 25.5 Å². The molecule has 1 amide bonds. The second kappa shape index (κ2) is 6.58. The molecule has 1 aromatic heterocycles.